The number of hydrogen-bond donors (Lipinski definition) is 3. The van der Waals surface area contributed by atoms with Crippen molar-refractivity contribution in [1.29, 1.82) is 0 Å². The van der Waals surface area contributed by atoms with Crippen LogP contribution >= 0.6 is 0 Å². The Morgan fingerprint density at radius 1 is 1.31 bits per heavy atom. The van der Waals surface area contributed by atoms with Gasteiger partial charge in [-0.3, -0.25) is 15.1 Å². The van der Waals surface area contributed by atoms with Gasteiger partial charge < -0.3 is 5.11 Å². The summed E-state index contributed by atoms with van der Waals surface area (Å²) in [5.74, 6) is 4.90. The van der Waals surface area contributed by atoms with Gasteiger partial charge in [0.25, 0.3) is 0 Å². The molecule has 0 unspecified atom stereocenters. The summed E-state index contributed by atoms with van der Waals surface area (Å²) in [4.78, 5) is 13.2. The lowest BCUT2D eigenvalue weighted by Crippen LogP contribution is -2.30. The Balaban J connectivity index is 1.98. The maximum absolute atomic E-state index is 10.8. The van der Waals surface area contributed by atoms with Crippen LogP contribution in [-0.2, 0) is 4.79 Å². The molecule has 5 nitrogen and oxygen atoms in total. The summed E-state index contributed by atoms with van der Waals surface area (Å²) >= 11 is 0. The molecule has 0 aromatic rings. The van der Waals surface area contributed by atoms with E-state index in [1.54, 1.807) is 0 Å². The normalized spacial score (nSPS) is 15.4. The van der Waals surface area contributed by atoms with E-state index in [2.05, 4.69) is 10.3 Å². The molecule has 1 rings (SSSR count). The molecule has 1 aliphatic rings. The van der Waals surface area contributed by atoms with Gasteiger partial charge in [-0.05, 0) is 32.2 Å². The minimum Gasteiger partial charge on any atom is -0.395 e. The molecule has 0 radical (unpaired) electrons. The average Bonchev–Trinajstić information content (AvgIpc) is 3.10. The van der Waals surface area contributed by atoms with E-state index in [0.717, 1.165) is 32.4 Å². The van der Waals surface area contributed by atoms with Crippen LogP contribution in [0, 0.1) is 0 Å². The fourth-order valence-corrected chi connectivity index (χ4v) is 1.89. The molecule has 4 N–H and O–H groups in total. The number of nitrogens with zero attached hydrogens (tertiary/aromatic N) is 1. The highest BCUT2D eigenvalue weighted by Crippen LogP contribution is 2.26. The highest BCUT2D eigenvalue weighted by molar-refractivity contribution is 5.74. The van der Waals surface area contributed by atoms with E-state index in [0.29, 0.717) is 12.5 Å². The van der Waals surface area contributed by atoms with E-state index in [1.165, 1.54) is 12.8 Å². The molecule has 1 fully saturated rings. The maximum atomic E-state index is 10.8. The zero-order valence-electron chi connectivity index (χ0n) is 9.82. The lowest BCUT2D eigenvalue weighted by atomic mass is 10.2. The predicted octanol–water partition coefficient (Wildman–Crippen LogP) is -0.00660. The highest BCUT2D eigenvalue weighted by atomic mass is 16.3. The molecule has 0 atom stereocenters. The van der Waals surface area contributed by atoms with Crippen LogP contribution in [0.3, 0.4) is 0 Å². The number of nitrogens with two attached hydrogens (primary N) is 1. The smallest absolute Gasteiger partial charge is 0.233 e. The molecule has 0 aromatic carbocycles. The molecular weight excluding hydrogens is 206 g/mol. The van der Waals surface area contributed by atoms with E-state index in [-0.39, 0.29) is 12.5 Å². The summed E-state index contributed by atoms with van der Waals surface area (Å²) in [6.07, 6.45) is 6.09. The minimum atomic E-state index is -0.0885. The van der Waals surface area contributed by atoms with Gasteiger partial charge in [0.1, 0.15) is 0 Å². The quantitative estimate of drug-likeness (QED) is 0.225. The zero-order valence-corrected chi connectivity index (χ0v) is 9.82. The molecule has 1 saturated carbocycles. The third kappa shape index (κ3) is 5.44. The van der Waals surface area contributed by atoms with E-state index >= 15 is 0 Å². The van der Waals surface area contributed by atoms with Gasteiger partial charge in [-0.25, -0.2) is 5.84 Å². The SMILES string of the molecule is NNC(=O)CCCCCN(CCO)C1CC1. The van der Waals surface area contributed by atoms with Gasteiger partial charge in [0.15, 0.2) is 0 Å². The first-order chi connectivity index (χ1) is 7.77. The molecule has 0 heterocycles. The Morgan fingerprint density at radius 3 is 2.62 bits per heavy atom. The van der Waals surface area contributed by atoms with Crippen molar-refractivity contribution >= 4 is 5.91 Å². The molecule has 1 aliphatic carbocycles. The van der Waals surface area contributed by atoms with Crippen molar-refractivity contribution in [1.82, 2.24) is 10.3 Å². The second-order valence-electron chi connectivity index (χ2n) is 4.37. The topological polar surface area (TPSA) is 78.6 Å². The third-order valence-electron chi connectivity index (χ3n) is 2.96. The van der Waals surface area contributed by atoms with Gasteiger partial charge in [-0.2, -0.15) is 0 Å². The molecule has 94 valence electrons. The lowest BCUT2D eigenvalue weighted by molar-refractivity contribution is -0.121. The predicted molar refractivity (Wildman–Crippen MR) is 62.5 cm³/mol. The number of rotatable bonds is 9. The first-order valence-corrected chi connectivity index (χ1v) is 6.12. The summed E-state index contributed by atoms with van der Waals surface area (Å²) in [6.45, 7) is 2.06. The molecule has 0 bridgehead atoms. The molecular formula is C11H23N3O2. The average molecular weight is 229 g/mol. The first-order valence-electron chi connectivity index (χ1n) is 6.12. The molecule has 0 aliphatic heterocycles. The van der Waals surface area contributed by atoms with Crippen LogP contribution in [0.1, 0.15) is 38.5 Å². The Labute approximate surface area is 97.0 Å². The first kappa shape index (κ1) is 13.4. The lowest BCUT2D eigenvalue weighted by Gasteiger charge is -2.20. The Bertz CT molecular complexity index is 207. The fourth-order valence-electron chi connectivity index (χ4n) is 1.89. The van der Waals surface area contributed by atoms with Crippen LogP contribution in [0.4, 0.5) is 0 Å². The van der Waals surface area contributed by atoms with Crippen LogP contribution in [0.25, 0.3) is 0 Å². The number of hydrogen-bond acceptors (Lipinski definition) is 4. The monoisotopic (exact) mass is 229 g/mol. The van der Waals surface area contributed by atoms with Crippen LogP contribution in [0.15, 0.2) is 0 Å². The number of nitrogens with one attached hydrogen (secondary N) is 1. The molecule has 0 aromatic heterocycles. The van der Waals surface area contributed by atoms with E-state index < -0.39 is 0 Å². The Kier molecular flexibility index (Phi) is 6.37. The minimum absolute atomic E-state index is 0.0885. The van der Waals surface area contributed by atoms with Crippen molar-refractivity contribution in [2.24, 2.45) is 5.84 Å². The number of unbranched alkanes of at least 4 members (excludes halogenated alkanes) is 2. The molecule has 0 spiro atoms. The van der Waals surface area contributed by atoms with Gasteiger partial charge in [-0.15, -0.1) is 0 Å². The van der Waals surface area contributed by atoms with Gasteiger partial charge in [0, 0.05) is 19.0 Å². The second-order valence-corrected chi connectivity index (χ2v) is 4.37. The summed E-state index contributed by atoms with van der Waals surface area (Å²) in [7, 11) is 0. The van der Waals surface area contributed by atoms with Crippen molar-refractivity contribution in [3.8, 4) is 0 Å². The number of aliphatic hydroxyl groups is 1. The zero-order chi connectivity index (χ0) is 11.8. The number of amides is 1. The third-order valence-corrected chi connectivity index (χ3v) is 2.96. The van der Waals surface area contributed by atoms with Crippen molar-refractivity contribution in [2.45, 2.75) is 44.6 Å². The summed E-state index contributed by atoms with van der Waals surface area (Å²) < 4.78 is 0. The summed E-state index contributed by atoms with van der Waals surface area (Å²) in [6, 6.07) is 0.708. The Morgan fingerprint density at radius 2 is 2.06 bits per heavy atom. The van der Waals surface area contributed by atoms with Crippen molar-refractivity contribution < 1.29 is 9.90 Å². The summed E-state index contributed by atoms with van der Waals surface area (Å²) in [5.41, 5.74) is 2.13. The van der Waals surface area contributed by atoms with Crippen molar-refractivity contribution in [2.75, 3.05) is 19.7 Å². The number of carbonyl (C=O) groups is 1. The van der Waals surface area contributed by atoms with Crippen molar-refractivity contribution in [3.05, 3.63) is 0 Å². The number of hydrazine groups is 1. The Hall–Kier alpha value is -0.650. The van der Waals surface area contributed by atoms with E-state index in [9.17, 15) is 4.79 Å². The largest absolute Gasteiger partial charge is 0.395 e. The molecule has 16 heavy (non-hydrogen) atoms. The van der Waals surface area contributed by atoms with Crippen LogP contribution in [0.5, 0.6) is 0 Å². The van der Waals surface area contributed by atoms with Crippen LogP contribution in [-0.4, -0.2) is 41.7 Å². The van der Waals surface area contributed by atoms with Gasteiger partial charge in [-0.1, -0.05) is 6.42 Å². The molecule has 1 amide bonds. The number of aliphatic hydroxyl groups excluding tert-OH is 1. The van der Waals surface area contributed by atoms with Gasteiger partial charge >= 0.3 is 0 Å². The van der Waals surface area contributed by atoms with Crippen LogP contribution < -0.4 is 11.3 Å². The van der Waals surface area contributed by atoms with Crippen molar-refractivity contribution in [3.63, 3.8) is 0 Å². The van der Waals surface area contributed by atoms with Gasteiger partial charge in [0.2, 0.25) is 5.91 Å². The summed E-state index contributed by atoms with van der Waals surface area (Å²) in [5, 5.41) is 8.91. The molecule has 0 saturated heterocycles. The number of carbonyl (C=O) groups excluding carboxylic acids is 1. The second kappa shape index (κ2) is 7.60. The standard InChI is InChI=1S/C11H23N3O2/c12-13-11(16)4-2-1-3-7-14(8-9-15)10-5-6-10/h10,15H,1-9,12H2,(H,13,16). The fraction of sp³-hybridized carbons (Fsp3) is 0.909. The van der Waals surface area contributed by atoms with E-state index in [4.69, 9.17) is 10.9 Å². The van der Waals surface area contributed by atoms with E-state index in [1.807, 2.05) is 0 Å². The van der Waals surface area contributed by atoms with Gasteiger partial charge in [0.05, 0.1) is 6.61 Å². The van der Waals surface area contributed by atoms with Crippen LogP contribution in [0.2, 0.25) is 0 Å². The highest BCUT2D eigenvalue weighted by Gasteiger charge is 2.27. The maximum Gasteiger partial charge on any atom is 0.233 e. The molecule has 5 heteroatoms.